The number of hydrogen-bond acceptors (Lipinski definition) is 2. The highest BCUT2D eigenvalue weighted by atomic mass is 16.1. The van der Waals surface area contributed by atoms with Crippen LogP contribution in [0.25, 0.3) is 0 Å². The highest BCUT2D eigenvalue weighted by Gasteiger charge is 2.09. The molecule has 0 radical (unpaired) electrons. The summed E-state index contributed by atoms with van der Waals surface area (Å²) < 4.78 is 0. The molecule has 1 aromatic carbocycles. The molecule has 1 amide bonds. The summed E-state index contributed by atoms with van der Waals surface area (Å²) in [4.78, 5) is 12.1. The molecule has 2 N–H and O–H groups in total. The lowest BCUT2D eigenvalue weighted by Crippen LogP contribution is -2.25. The van der Waals surface area contributed by atoms with Crippen molar-refractivity contribution in [2.45, 2.75) is 32.6 Å². The lowest BCUT2D eigenvalue weighted by Gasteiger charge is -2.11. The van der Waals surface area contributed by atoms with Gasteiger partial charge in [0.05, 0.1) is 5.56 Å². The standard InChI is InChI=1S/C16H22N2O/c1-3-5-6-9-13-18-16(19)14-10-7-8-11-15(14)17-12-4-2/h1,7-8,10-11,17H,4-6,9,12-13H2,2H3,(H,18,19). The first-order chi connectivity index (χ1) is 9.29. The molecule has 0 saturated carbocycles. The van der Waals surface area contributed by atoms with Gasteiger partial charge >= 0.3 is 0 Å². The zero-order valence-electron chi connectivity index (χ0n) is 11.5. The van der Waals surface area contributed by atoms with Gasteiger partial charge in [-0.3, -0.25) is 4.79 Å². The third-order valence-corrected chi connectivity index (χ3v) is 2.77. The lowest BCUT2D eigenvalue weighted by molar-refractivity contribution is 0.0954. The number of terminal acetylenes is 1. The molecular formula is C16H22N2O. The zero-order valence-corrected chi connectivity index (χ0v) is 11.5. The van der Waals surface area contributed by atoms with Crippen molar-refractivity contribution in [1.82, 2.24) is 5.32 Å². The van der Waals surface area contributed by atoms with Gasteiger partial charge in [0.2, 0.25) is 0 Å². The molecule has 0 heterocycles. The number of rotatable bonds is 8. The van der Waals surface area contributed by atoms with Crippen molar-refractivity contribution in [1.29, 1.82) is 0 Å². The van der Waals surface area contributed by atoms with E-state index in [0.29, 0.717) is 12.1 Å². The van der Waals surface area contributed by atoms with Gasteiger partial charge in [-0.05, 0) is 31.4 Å². The second-order valence-electron chi connectivity index (χ2n) is 4.39. The second-order valence-corrected chi connectivity index (χ2v) is 4.39. The molecule has 3 nitrogen and oxygen atoms in total. The van der Waals surface area contributed by atoms with Crippen molar-refractivity contribution >= 4 is 11.6 Å². The van der Waals surface area contributed by atoms with Gasteiger partial charge in [-0.2, -0.15) is 0 Å². The summed E-state index contributed by atoms with van der Waals surface area (Å²) in [5.74, 6) is 2.57. The summed E-state index contributed by atoms with van der Waals surface area (Å²) in [7, 11) is 0. The summed E-state index contributed by atoms with van der Waals surface area (Å²) in [5, 5.41) is 6.19. The Labute approximate surface area is 115 Å². The van der Waals surface area contributed by atoms with Crippen molar-refractivity contribution in [2.75, 3.05) is 18.4 Å². The zero-order chi connectivity index (χ0) is 13.9. The Bertz CT molecular complexity index is 435. The summed E-state index contributed by atoms with van der Waals surface area (Å²) in [6, 6.07) is 7.59. The first-order valence-corrected chi connectivity index (χ1v) is 6.84. The van der Waals surface area contributed by atoms with E-state index in [9.17, 15) is 4.79 Å². The quantitative estimate of drug-likeness (QED) is 0.556. The van der Waals surface area contributed by atoms with E-state index in [1.807, 2.05) is 24.3 Å². The normalized spacial score (nSPS) is 9.68. The maximum atomic E-state index is 12.1. The largest absolute Gasteiger partial charge is 0.384 e. The van der Waals surface area contributed by atoms with Crippen LogP contribution in [0.4, 0.5) is 5.69 Å². The van der Waals surface area contributed by atoms with Crippen molar-refractivity contribution in [3.63, 3.8) is 0 Å². The summed E-state index contributed by atoms with van der Waals surface area (Å²) in [5.41, 5.74) is 1.60. The van der Waals surface area contributed by atoms with Crippen LogP contribution >= 0.6 is 0 Å². The highest BCUT2D eigenvalue weighted by Crippen LogP contribution is 2.14. The Morgan fingerprint density at radius 1 is 1.26 bits per heavy atom. The van der Waals surface area contributed by atoms with E-state index in [1.54, 1.807) is 0 Å². The van der Waals surface area contributed by atoms with Crippen LogP contribution in [0.15, 0.2) is 24.3 Å². The number of unbranched alkanes of at least 4 members (excludes halogenated alkanes) is 2. The van der Waals surface area contributed by atoms with Crippen LogP contribution in [-0.4, -0.2) is 19.0 Å². The van der Waals surface area contributed by atoms with Crippen LogP contribution in [0.2, 0.25) is 0 Å². The molecule has 3 heteroatoms. The molecule has 1 aromatic rings. The van der Waals surface area contributed by atoms with Crippen LogP contribution in [0.1, 0.15) is 43.0 Å². The minimum atomic E-state index is -0.0279. The predicted molar refractivity (Wildman–Crippen MR) is 80.2 cm³/mol. The van der Waals surface area contributed by atoms with E-state index in [0.717, 1.165) is 37.9 Å². The highest BCUT2D eigenvalue weighted by molar-refractivity contribution is 5.99. The molecule has 0 unspecified atom stereocenters. The first kappa shape index (κ1) is 15.1. The molecular weight excluding hydrogens is 236 g/mol. The SMILES string of the molecule is C#CCCCCNC(=O)c1ccccc1NCCC. The number of carbonyl (C=O) groups is 1. The molecule has 0 spiro atoms. The number of nitrogens with one attached hydrogen (secondary N) is 2. The van der Waals surface area contributed by atoms with E-state index in [-0.39, 0.29) is 5.91 Å². The molecule has 0 saturated heterocycles. The Morgan fingerprint density at radius 2 is 2.05 bits per heavy atom. The topological polar surface area (TPSA) is 41.1 Å². The molecule has 1 rings (SSSR count). The number of carbonyl (C=O) groups excluding carboxylic acids is 1. The fourth-order valence-corrected chi connectivity index (χ4v) is 1.74. The molecule has 0 aliphatic heterocycles. The number of para-hydroxylation sites is 1. The fraction of sp³-hybridized carbons (Fsp3) is 0.438. The molecule has 0 aliphatic carbocycles. The Kier molecular flexibility index (Phi) is 7.19. The molecule has 0 atom stereocenters. The maximum absolute atomic E-state index is 12.1. The van der Waals surface area contributed by atoms with E-state index < -0.39 is 0 Å². The minimum Gasteiger partial charge on any atom is -0.384 e. The third-order valence-electron chi connectivity index (χ3n) is 2.77. The van der Waals surface area contributed by atoms with Gasteiger partial charge in [0.15, 0.2) is 0 Å². The van der Waals surface area contributed by atoms with Crippen LogP contribution in [0, 0.1) is 12.3 Å². The Hall–Kier alpha value is -1.95. The van der Waals surface area contributed by atoms with Crippen LogP contribution in [0.5, 0.6) is 0 Å². The van der Waals surface area contributed by atoms with Gasteiger partial charge in [0.25, 0.3) is 5.91 Å². The summed E-state index contributed by atoms with van der Waals surface area (Å²) >= 11 is 0. The van der Waals surface area contributed by atoms with E-state index in [4.69, 9.17) is 6.42 Å². The fourth-order valence-electron chi connectivity index (χ4n) is 1.74. The van der Waals surface area contributed by atoms with Crippen molar-refractivity contribution < 1.29 is 4.79 Å². The number of amides is 1. The van der Waals surface area contributed by atoms with Gasteiger partial charge in [-0.25, -0.2) is 0 Å². The minimum absolute atomic E-state index is 0.0279. The Morgan fingerprint density at radius 3 is 2.79 bits per heavy atom. The van der Waals surface area contributed by atoms with Crippen molar-refractivity contribution in [3.05, 3.63) is 29.8 Å². The predicted octanol–water partition coefficient (Wildman–Crippen LogP) is 3.04. The van der Waals surface area contributed by atoms with Crippen LogP contribution < -0.4 is 10.6 Å². The number of benzene rings is 1. The molecule has 102 valence electrons. The van der Waals surface area contributed by atoms with Gasteiger partial charge in [0, 0.05) is 25.2 Å². The third kappa shape index (κ3) is 5.48. The number of hydrogen-bond donors (Lipinski definition) is 2. The second kappa shape index (κ2) is 9.04. The van der Waals surface area contributed by atoms with E-state index >= 15 is 0 Å². The summed E-state index contributed by atoms with van der Waals surface area (Å²) in [6.07, 6.45) is 8.85. The molecule has 0 aromatic heterocycles. The summed E-state index contributed by atoms with van der Waals surface area (Å²) in [6.45, 7) is 3.64. The van der Waals surface area contributed by atoms with Crippen molar-refractivity contribution in [2.24, 2.45) is 0 Å². The van der Waals surface area contributed by atoms with Gasteiger partial charge in [0.1, 0.15) is 0 Å². The van der Waals surface area contributed by atoms with Crippen molar-refractivity contribution in [3.8, 4) is 12.3 Å². The van der Waals surface area contributed by atoms with Gasteiger partial charge in [-0.15, -0.1) is 12.3 Å². The maximum Gasteiger partial charge on any atom is 0.253 e. The molecule has 0 aliphatic rings. The first-order valence-electron chi connectivity index (χ1n) is 6.84. The van der Waals surface area contributed by atoms with Crippen LogP contribution in [0.3, 0.4) is 0 Å². The smallest absolute Gasteiger partial charge is 0.253 e. The number of anilines is 1. The van der Waals surface area contributed by atoms with Gasteiger partial charge in [-0.1, -0.05) is 19.1 Å². The van der Waals surface area contributed by atoms with Crippen LogP contribution in [-0.2, 0) is 0 Å². The monoisotopic (exact) mass is 258 g/mol. The Balaban J connectivity index is 2.49. The molecule has 0 fully saturated rings. The van der Waals surface area contributed by atoms with Gasteiger partial charge < -0.3 is 10.6 Å². The molecule has 0 bridgehead atoms. The van der Waals surface area contributed by atoms with E-state index in [2.05, 4.69) is 23.5 Å². The lowest BCUT2D eigenvalue weighted by atomic mass is 10.1. The average molecular weight is 258 g/mol. The average Bonchev–Trinajstić information content (AvgIpc) is 2.45. The van der Waals surface area contributed by atoms with E-state index in [1.165, 1.54) is 0 Å². The molecule has 19 heavy (non-hydrogen) atoms.